The first kappa shape index (κ1) is 14.9. The largest absolute Gasteiger partial charge is 0.289 e. The van der Waals surface area contributed by atoms with Gasteiger partial charge in [0.05, 0.1) is 10.3 Å². The van der Waals surface area contributed by atoms with Crippen molar-refractivity contribution in [1.29, 1.82) is 0 Å². The first-order chi connectivity index (χ1) is 8.87. The third kappa shape index (κ3) is 3.16. The van der Waals surface area contributed by atoms with Crippen LogP contribution in [0.3, 0.4) is 0 Å². The molecule has 2 heterocycles. The maximum atomic E-state index is 12.1. The molecule has 3 aliphatic rings. The van der Waals surface area contributed by atoms with Crippen LogP contribution in [0.25, 0.3) is 0 Å². The molecule has 2 bridgehead atoms. The van der Waals surface area contributed by atoms with E-state index in [9.17, 15) is 4.21 Å². The number of fused-ring (bicyclic) bond motifs is 3. The molecule has 19 heavy (non-hydrogen) atoms. The van der Waals surface area contributed by atoms with Crippen LogP contribution in [-0.4, -0.2) is 38.7 Å². The molecular formula is C15H26N2OS. The van der Waals surface area contributed by atoms with Gasteiger partial charge in [-0.1, -0.05) is 6.08 Å². The summed E-state index contributed by atoms with van der Waals surface area (Å²) >= 11 is 0. The topological polar surface area (TPSA) is 32.7 Å². The zero-order valence-corrected chi connectivity index (χ0v) is 13.2. The molecule has 1 atom stereocenters. The normalized spacial score (nSPS) is 33.7. The first-order valence-electron chi connectivity index (χ1n) is 7.20. The maximum Gasteiger partial charge on any atom is 0.144 e. The van der Waals surface area contributed by atoms with Crippen molar-refractivity contribution >= 4 is 17.2 Å². The molecule has 0 radical (unpaired) electrons. The molecule has 0 spiro atoms. The molecule has 3 rings (SSSR count). The molecule has 0 N–H and O–H groups in total. The van der Waals surface area contributed by atoms with Crippen molar-refractivity contribution in [3.63, 3.8) is 0 Å². The maximum absolute atomic E-state index is 12.1. The van der Waals surface area contributed by atoms with Gasteiger partial charge in [0.15, 0.2) is 0 Å². The Hall–Kier alpha value is -0.480. The molecule has 0 aromatic rings. The molecular weight excluding hydrogens is 256 g/mol. The monoisotopic (exact) mass is 282 g/mol. The molecule has 0 unspecified atom stereocenters. The highest BCUT2D eigenvalue weighted by Gasteiger charge is 2.44. The molecule has 0 aromatic carbocycles. The number of hydrogen-bond acceptors (Lipinski definition) is 2. The van der Waals surface area contributed by atoms with Gasteiger partial charge < -0.3 is 0 Å². The van der Waals surface area contributed by atoms with Crippen LogP contribution in [0.5, 0.6) is 0 Å². The van der Waals surface area contributed by atoms with Gasteiger partial charge in [0.2, 0.25) is 0 Å². The second kappa shape index (κ2) is 5.49. The highest BCUT2D eigenvalue weighted by molar-refractivity contribution is 7.85. The van der Waals surface area contributed by atoms with Crippen molar-refractivity contribution in [2.24, 2.45) is 10.3 Å². The van der Waals surface area contributed by atoms with E-state index >= 15 is 0 Å². The van der Waals surface area contributed by atoms with Crippen molar-refractivity contribution in [1.82, 2.24) is 4.90 Å². The van der Waals surface area contributed by atoms with Gasteiger partial charge >= 0.3 is 0 Å². The van der Waals surface area contributed by atoms with E-state index in [2.05, 4.69) is 15.9 Å². The Morgan fingerprint density at radius 1 is 1.42 bits per heavy atom. The minimum Gasteiger partial charge on any atom is -0.289 e. The van der Waals surface area contributed by atoms with Crippen LogP contribution in [0.4, 0.5) is 0 Å². The predicted octanol–water partition coefficient (Wildman–Crippen LogP) is 2.95. The molecule has 3 nitrogen and oxygen atoms in total. The summed E-state index contributed by atoms with van der Waals surface area (Å²) in [4.78, 5) is 2.47. The second-order valence-corrected chi connectivity index (χ2v) is 8.77. The van der Waals surface area contributed by atoms with Gasteiger partial charge in [-0.25, -0.2) is 4.21 Å². The third-order valence-corrected chi connectivity index (χ3v) is 5.69. The van der Waals surface area contributed by atoms with E-state index in [0.29, 0.717) is 0 Å². The minimum atomic E-state index is -1.15. The summed E-state index contributed by atoms with van der Waals surface area (Å²) < 4.78 is 16.2. The van der Waals surface area contributed by atoms with Crippen LogP contribution in [0, 0.1) is 5.92 Å². The highest BCUT2D eigenvalue weighted by Crippen LogP contribution is 2.42. The minimum absolute atomic E-state index is 0.0316. The van der Waals surface area contributed by atoms with Crippen LogP contribution in [-0.2, 0) is 11.0 Å². The SMILES string of the molecule is C=CCN1CC2CCC1(/C=N/[S@@](=O)C(C)(C)C)CC2. The fourth-order valence-electron chi connectivity index (χ4n) is 3.10. The van der Waals surface area contributed by atoms with E-state index in [1.807, 2.05) is 33.1 Å². The van der Waals surface area contributed by atoms with E-state index in [-0.39, 0.29) is 10.3 Å². The van der Waals surface area contributed by atoms with E-state index in [4.69, 9.17) is 0 Å². The Kier molecular flexibility index (Phi) is 4.31. The van der Waals surface area contributed by atoms with Crippen molar-refractivity contribution in [3.05, 3.63) is 12.7 Å². The lowest BCUT2D eigenvalue weighted by molar-refractivity contribution is 0.0234. The molecule has 1 saturated carbocycles. The Morgan fingerprint density at radius 2 is 2.05 bits per heavy atom. The molecule has 4 heteroatoms. The Balaban J connectivity index is 2.16. The lowest BCUT2D eigenvalue weighted by Crippen LogP contribution is -2.59. The molecule has 1 aliphatic carbocycles. The predicted molar refractivity (Wildman–Crippen MR) is 82.8 cm³/mol. The first-order valence-corrected chi connectivity index (χ1v) is 8.31. The van der Waals surface area contributed by atoms with E-state index < -0.39 is 11.0 Å². The lowest BCUT2D eigenvalue weighted by atomic mass is 9.71. The number of piperidine rings is 2. The molecule has 2 saturated heterocycles. The van der Waals surface area contributed by atoms with Gasteiger partial charge in [0, 0.05) is 19.3 Å². The molecule has 0 aromatic heterocycles. The summed E-state index contributed by atoms with van der Waals surface area (Å²) in [5.74, 6) is 0.836. The molecule has 108 valence electrons. The van der Waals surface area contributed by atoms with Crippen molar-refractivity contribution in [2.45, 2.75) is 56.7 Å². The van der Waals surface area contributed by atoms with Gasteiger partial charge in [-0.05, 0) is 52.4 Å². The zero-order chi connectivity index (χ0) is 14.1. The molecule has 2 aliphatic heterocycles. The van der Waals surface area contributed by atoms with Crippen molar-refractivity contribution < 1.29 is 4.21 Å². The average Bonchev–Trinajstić information content (AvgIpc) is 2.37. The van der Waals surface area contributed by atoms with Crippen LogP contribution in [0.2, 0.25) is 0 Å². The van der Waals surface area contributed by atoms with Gasteiger partial charge in [-0.15, -0.1) is 6.58 Å². The summed E-state index contributed by atoms with van der Waals surface area (Å²) in [6.45, 7) is 11.8. The zero-order valence-electron chi connectivity index (χ0n) is 12.4. The summed E-state index contributed by atoms with van der Waals surface area (Å²) in [6, 6.07) is 0. The smallest absolute Gasteiger partial charge is 0.144 e. The fourth-order valence-corrected chi connectivity index (χ4v) is 3.70. The summed E-state index contributed by atoms with van der Waals surface area (Å²) in [6.07, 6.45) is 8.82. The summed E-state index contributed by atoms with van der Waals surface area (Å²) in [7, 11) is -1.15. The fraction of sp³-hybridized carbons (Fsp3) is 0.800. The van der Waals surface area contributed by atoms with Gasteiger partial charge in [-0.2, -0.15) is 4.40 Å². The van der Waals surface area contributed by atoms with E-state index in [1.54, 1.807) is 0 Å². The van der Waals surface area contributed by atoms with Crippen LogP contribution in [0.15, 0.2) is 17.1 Å². The van der Waals surface area contributed by atoms with Crippen LogP contribution in [0.1, 0.15) is 46.5 Å². The van der Waals surface area contributed by atoms with E-state index in [1.165, 1.54) is 12.8 Å². The Morgan fingerprint density at radius 3 is 2.58 bits per heavy atom. The standard InChI is InChI=1S/C15H26N2OS/c1-5-10-17-11-13-6-8-15(17,9-7-13)12-16-19(18)14(2,3)4/h5,12-13H,1,6-11H2,2-4H3/b16-12+/t13?,15?,19-/m0/s1. The highest BCUT2D eigenvalue weighted by atomic mass is 32.2. The van der Waals surface area contributed by atoms with Gasteiger partial charge in [0.25, 0.3) is 0 Å². The Bertz CT molecular complexity index is 389. The molecule has 3 fully saturated rings. The number of rotatable bonds is 4. The average molecular weight is 282 g/mol. The summed E-state index contributed by atoms with van der Waals surface area (Å²) in [5.41, 5.74) is 0.0316. The summed E-state index contributed by atoms with van der Waals surface area (Å²) in [5, 5.41) is 0. The van der Waals surface area contributed by atoms with E-state index in [0.717, 1.165) is 31.8 Å². The van der Waals surface area contributed by atoms with Crippen molar-refractivity contribution in [2.75, 3.05) is 13.1 Å². The number of hydrogen-bond donors (Lipinski definition) is 0. The Labute approximate surface area is 119 Å². The number of nitrogens with zero attached hydrogens (tertiary/aromatic N) is 2. The lowest BCUT2D eigenvalue weighted by Gasteiger charge is -2.52. The second-order valence-electron chi connectivity index (χ2n) is 6.84. The van der Waals surface area contributed by atoms with Crippen LogP contribution < -0.4 is 0 Å². The van der Waals surface area contributed by atoms with Crippen LogP contribution >= 0.6 is 0 Å². The quantitative estimate of drug-likeness (QED) is 0.586. The van der Waals surface area contributed by atoms with Crippen molar-refractivity contribution in [3.8, 4) is 0 Å². The molecule has 0 amide bonds. The van der Waals surface area contributed by atoms with Gasteiger partial charge in [0.1, 0.15) is 11.0 Å². The van der Waals surface area contributed by atoms with Gasteiger partial charge in [-0.3, -0.25) is 4.90 Å². The third-order valence-electron chi connectivity index (χ3n) is 4.34.